The molecule has 0 aliphatic heterocycles. The van der Waals surface area contributed by atoms with Gasteiger partial charge in [0, 0.05) is 19.6 Å². The number of benzene rings is 3. The summed E-state index contributed by atoms with van der Waals surface area (Å²) in [5, 5.41) is 4.59. The van der Waals surface area contributed by atoms with E-state index in [0.29, 0.717) is 12.0 Å². The van der Waals surface area contributed by atoms with E-state index in [2.05, 4.69) is 5.32 Å². The molecule has 37 heavy (non-hydrogen) atoms. The lowest BCUT2D eigenvalue weighted by Crippen LogP contribution is -2.53. The molecule has 3 aromatic carbocycles. The number of sulfonamides is 1. The highest BCUT2D eigenvalue weighted by Gasteiger charge is 2.32. The molecule has 0 aliphatic carbocycles. The van der Waals surface area contributed by atoms with Crippen molar-refractivity contribution in [3.63, 3.8) is 0 Å². The number of carbonyl (C=O) groups excluding carboxylic acids is 2. The standard InChI is InChI=1S/C28H34FN3O4S/c1-5-20(3)30-28(34)26(6-2)32(18-21-11-14-24(29)15-12-21)27(33)19-31(4)37(35,36)25-16-13-22-9-7-8-10-23(22)17-25/h7-17,20,26H,5-6,18-19H2,1-4H3,(H,30,34)/t20-,26-/m0/s1. The number of amides is 2. The quantitative estimate of drug-likeness (QED) is 0.402. The molecule has 3 rings (SSSR count). The maximum absolute atomic E-state index is 13.5. The molecule has 0 aliphatic rings. The smallest absolute Gasteiger partial charge is 0.243 e. The molecule has 2 amide bonds. The van der Waals surface area contributed by atoms with Crippen molar-refractivity contribution in [2.45, 2.75) is 57.1 Å². The van der Waals surface area contributed by atoms with Crippen LogP contribution in [0.5, 0.6) is 0 Å². The van der Waals surface area contributed by atoms with E-state index in [1.807, 2.05) is 38.1 Å². The molecule has 0 spiro atoms. The van der Waals surface area contributed by atoms with Gasteiger partial charge in [0.2, 0.25) is 21.8 Å². The number of halogens is 1. The Hall–Kier alpha value is -3.30. The Morgan fingerprint density at radius 3 is 2.22 bits per heavy atom. The van der Waals surface area contributed by atoms with Crippen LogP contribution in [-0.4, -0.2) is 55.1 Å². The van der Waals surface area contributed by atoms with Crippen LogP contribution in [0.3, 0.4) is 0 Å². The topological polar surface area (TPSA) is 86.8 Å². The molecule has 7 nitrogen and oxygen atoms in total. The second kappa shape index (κ2) is 12.3. The second-order valence-corrected chi connectivity index (χ2v) is 11.2. The molecular formula is C28H34FN3O4S. The number of hydrogen-bond acceptors (Lipinski definition) is 4. The third kappa shape index (κ3) is 6.93. The van der Waals surface area contributed by atoms with Crippen molar-refractivity contribution in [3.8, 4) is 0 Å². The van der Waals surface area contributed by atoms with E-state index in [-0.39, 0.29) is 23.4 Å². The molecule has 198 valence electrons. The molecule has 9 heteroatoms. The summed E-state index contributed by atoms with van der Waals surface area (Å²) in [6.07, 6.45) is 1.05. The lowest BCUT2D eigenvalue weighted by atomic mass is 10.1. The van der Waals surface area contributed by atoms with Crippen LogP contribution >= 0.6 is 0 Å². The lowest BCUT2D eigenvalue weighted by Gasteiger charge is -2.32. The average Bonchev–Trinajstić information content (AvgIpc) is 2.89. The minimum Gasteiger partial charge on any atom is -0.352 e. The van der Waals surface area contributed by atoms with E-state index >= 15 is 0 Å². The summed E-state index contributed by atoms with van der Waals surface area (Å²) >= 11 is 0. The van der Waals surface area contributed by atoms with Crippen molar-refractivity contribution in [2.24, 2.45) is 0 Å². The van der Waals surface area contributed by atoms with Crippen molar-refractivity contribution >= 4 is 32.6 Å². The van der Waals surface area contributed by atoms with Crippen LogP contribution in [0.15, 0.2) is 71.6 Å². The summed E-state index contributed by atoms with van der Waals surface area (Å²) in [4.78, 5) is 28.1. The summed E-state index contributed by atoms with van der Waals surface area (Å²) in [6.45, 7) is 5.20. The Bertz CT molecular complexity index is 1350. The largest absolute Gasteiger partial charge is 0.352 e. The third-order valence-corrected chi connectivity index (χ3v) is 8.24. The number of carbonyl (C=O) groups is 2. The monoisotopic (exact) mass is 527 g/mol. The summed E-state index contributed by atoms with van der Waals surface area (Å²) < 4.78 is 41.1. The summed E-state index contributed by atoms with van der Waals surface area (Å²) in [6, 6.07) is 17.0. The second-order valence-electron chi connectivity index (χ2n) is 9.16. The number of hydrogen-bond donors (Lipinski definition) is 1. The van der Waals surface area contributed by atoms with Crippen molar-refractivity contribution < 1.29 is 22.4 Å². The van der Waals surface area contributed by atoms with Crippen molar-refractivity contribution in [2.75, 3.05) is 13.6 Å². The molecular weight excluding hydrogens is 493 g/mol. The molecule has 0 heterocycles. The number of nitrogens with zero attached hydrogens (tertiary/aromatic N) is 2. The van der Waals surface area contributed by atoms with Gasteiger partial charge in [0.1, 0.15) is 11.9 Å². The molecule has 0 saturated carbocycles. The minimum absolute atomic E-state index is 0.0371. The fourth-order valence-electron chi connectivity index (χ4n) is 4.02. The van der Waals surface area contributed by atoms with Gasteiger partial charge in [-0.25, -0.2) is 12.8 Å². The normalized spacial score (nSPS) is 13.4. The zero-order chi connectivity index (χ0) is 27.2. The van der Waals surface area contributed by atoms with Gasteiger partial charge in [0.15, 0.2) is 0 Å². The first-order chi connectivity index (χ1) is 17.6. The molecule has 0 saturated heterocycles. The highest BCUT2D eigenvalue weighted by molar-refractivity contribution is 7.89. The Labute approximate surface area is 218 Å². The predicted molar refractivity (Wildman–Crippen MR) is 143 cm³/mol. The molecule has 2 atom stereocenters. The van der Waals surface area contributed by atoms with Crippen molar-refractivity contribution in [1.29, 1.82) is 0 Å². The first-order valence-corrected chi connectivity index (χ1v) is 13.8. The summed E-state index contributed by atoms with van der Waals surface area (Å²) in [5.41, 5.74) is 0.629. The fourth-order valence-corrected chi connectivity index (χ4v) is 5.18. The van der Waals surface area contributed by atoms with Crippen molar-refractivity contribution in [3.05, 3.63) is 78.1 Å². The van der Waals surface area contributed by atoms with Crippen LogP contribution in [0.25, 0.3) is 10.8 Å². The average molecular weight is 528 g/mol. The molecule has 1 N–H and O–H groups in total. The van der Waals surface area contributed by atoms with Crippen molar-refractivity contribution in [1.82, 2.24) is 14.5 Å². The van der Waals surface area contributed by atoms with Crippen LogP contribution < -0.4 is 5.32 Å². The number of nitrogens with one attached hydrogen (secondary N) is 1. The van der Waals surface area contributed by atoms with Crippen LogP contribution in [-0.2, 0) is 26.2 Å². The molecule has 0 aromatic heterocycles. The van der Waals surface area contributed by atoms with Gasteiger partial charge in [-0.05, 0) is 60.4 Å². The lowest BCUT2D eigenvalue weighted by molar-refractivity contribution is -0.141. The summed E-state index contributed by atoms with van der Waals surface area (Å²) in [7, 11) is -2.63. The number of fused-ring (bicyclic) bond motifs is 1. The zero-order valence-electron chi connectivity index (χ0n) is 21.6. The predicted octanol–water partition coefficient (Wildman–Crippen LogP) is 4.32. The highest BCUT2D eigenvalue weighted by atomic mass is 32.2. The van der Waals surface area contributed by atoms with E-state index < -0.39 is 34.3 Å². The SMILES string of the molecule is CC[C@H](C)NC(=O)[C@H](CC)N(Cc1ccc(F)cc1)C(=O)CN(C)S(=O)(=O)c1ccc2ccccc2c1. The molecule has 0 bridgehead atoms. The van der Waals surface area contributed by atoms with Gasteiger partial charge in [-0.2, -0.15) is 4.31 Å². The highest BCUT2D eigenvalue weighted by Crippen LogP contribution is 2.22. The Morgan fingerprint density at radius 1 is 0.946 bits per heavy atom. The number of likely N-dealkylation sites (N-methyl/N-ethyl adjacent to an activating group) is 1. The van der Waals surface area contributed by atoms with Gasteiger partial charge >= 0.3 is 0 Å². The van der Waals surface area contributed by atoms with Crippen LogP contribution in [0.4, 0.5) is 4.39 Å². The molecule has 0 radical (unpaired) electrons. The Kier molecular flexibility index (Phi) is 9.39. The van der Waals surface area contributed by atoms with Gasteiger partial charge in [0.25, 0.3) is 0 Å². The van der Waals surface area contributed by atoms with E-state index in [0.717, 1.165) is 21.5 Å². The summed E-state index contributed by atoms with van der Waals surface area (Å²) in [5.74, 6) is -1.25. The Morgan fingerprint density at radius 2 is 1.59 bits per heavy atom. The third-order valence-electron chi connectivity index (χ3n) is 6.44. The molecule has 3 aromatic rings. The van der Waals surface area contributed by atoms with Crippen LogP contribution in [0, 0.1) is 5.82 Å². The molecule has 0 unspecified atom stereocenters. The van der Waals surface area contributed by atoms with E-state index in [4.69, 9.17) is 0 Å². The fraction of sp³-hybridized carbons (Fsp3) is 0.357. The van der Waals surface area contributed by atoms with E-state index in [1.165, 1.54) is 30.1 Å². The Balaban J connectivity index is 1.88. The van der Waals surface area contributed by atoms with Crippen LogP contribution in [0.2, 0.25) is 0 Å². The van der Waals surface area contributed by atoms with Crippen LogP contribution in [0.1, 0.15) is 39.2 Å². The van der Waals surface area contributed by atoms with Gasteiger partial charge in [-0.15, -0.1) is 0 Å². The van der Waals surface area contributed by atoms with Gasteiger partial charge in [0.05, 0.1) is 11.4 Å². The number of rotatable bonds is 11. The van der Waals surface area contributed by atoms with E-state index in [1.54, 1.807) is 31.2 Å². The zero-order valence-corrected chi connectivity index (χ0v) is 22.5. The maximum atomic E-state index is 13.5. The van der Waals surface area contributed by atoms with Gasteiger partial charge in [-0.3, -0.25) is 9.59 Å². The van der Waals surface area contributed by atoms with Gasteiger partial charge in [-0.1, -0.05) is 56.3 Å². The van der Waals surface area contributed by atoms with E-state index in [9.17, 15) is 22.4 Å². The molecule has 0 fully saturated rings. The minimum atomic E-state index is -3.98. The first-order valence-electron chi connectivity index (χ1n) is 12.4. The van der Waals surface area contributed by atoms with Gasteiger partial charge < -0.3 is 10.2 Å². The first kappa shape index (κ1) is 28.3. The maximum Gasteiger partial charge on any atom is 0.243 e.